The third-order valence-electron chi connectivity index (χ3n) is 7.95. The average molecular weight is 533 g/mol. The molecule has 8 heteroatoms. The van der Waals surface area contributed by atoms with E-state index < -0.39 is 19.8 Å². The molecule has 1 saturated heterocycles. The lowest BCUT2D eigenvalue weighted by molar-refractivity contribution is -0.137. The molecule has 2 aromatic rings. The zero-order valence-corrected chi connectivity index (χ0v) is 23.8. The van der Waals surface area contributed by atoms with Crippen LogP contribution in [0.3, 0.4) is 0 Å². The molecule has 1 aromatic carbocycles. The number of ether oxygens (including phenoxy) is 2. The van der Waals surface area contributed by atoms with Gasteiger partial charge in [0.25, 0.3) is 0 Å². The van der Waals surface area contributed by atoms with Crippen LogP contribution in [-0.4, -0.2) is 43.8 Å². The fourth-order valence-electron chi connectivity index (χ4n) is 5.96. The van der Waals surface area contributed by atoms with Gasteiger partial charge < -0.3 is 9.47 Å². The predicted octanol–water partition coefficient (Wildman–Crippen LogP) is 7.43. The summed E-state index contributed by atoms with van der Waals surface area (Å²) in [5, 5.41) is 4.65. The van der Waals surface area contributed by atoms with Gasteiger partial charge in [-0.3, -0.25) is 4.68 Å². The van der Waals surface area contributed by atoms with Crippen LogP contribution in [0.4, 0.5) is 13.2 Å². The summed E-state index contributed by atoms with van der Waals surface area (Å²) in [6.45, 7) is 15.2. The Bertz CT molecular complexity index is 1130. The fraction of sp³-hybridized carbons (Fsp3) is 0.621. The van der Waals surface area contributed by atoms with Crippen molar-refractivity contribution in [3.8, 4) is 22.7 Å². The molecule has 4 rings (SSSR count). The highest BCUT2D eigenvalue weighted by Gasteiger charge is 2.42. The normalized spacial score (nSPS) is 19.0. The van der Waals surface area contributed by atoms with Crippen molar-refractivity contribution in [2.24, 2.45) is 0 Å². The van der Waals surface area contributed by atoms with E-state index in [-0.39, 0.29) is 17.6 Å². The third-order valence-corrected chi connectivity index (χ3v) is 14.2. The maximum Gasteiger partial charge on any atom is 0.417 e. The second-order valence-corrected chi connectivity index (χ2v) is 17.0. The monoisotopic (exact) mass is 532 g/mol. The van der Waals surface area contributed by atoms with Crippen molar-refractivity contribution in [1.82, 2.24) is 9.78 Å². The van der Waals surface area contributed by atoms with Crippen molar-refractivity contribution in [1.29, 1.82) is 0 Å². The molecule has 1 aliphatic carbocycles. The van der Waals surface area contributed by atoms with Crippen molar-refractivity contribution in [2.45, 2.75) is 95.8 Å². The van der Waals surface area contributed by atoms with E-state index in [4.69, 9.17) is 9.47 Å². The quantitative estimate of drug-likeness (QED) is 0.275. The molecule has 0 unspecified atom stereocenters. The number of benzene rings is 1. The van der Waals surface area contributed by atoms with E-state index in [0.29, 0.717) is 54.2 Å². The van der Waals surface area contributed by atoms with E-state index in [1.54, 1.807) is 16.8 Å². The highest BCUT2D eigenvalue weighted by Crippen LogP contribution is 2.47. The van der Waals surface area contributed by atoms with E-state index in [2.05, 4.69) is 58.1 Å². The van der Waals surface area contributed by atoms with Gasteiger partial charge >= 0.3 is 6.18 Å². The molecule has 37 heavy (non-hydrogen) atoms. The molecule has 2 heterocycles. The molecular formula is C29H39F3N2O2Si. The minimum Gasteiger partial charge on any atom is -0.376 e. The van der Waals surface area contributed by atoms with Crippen molar-refractivity contribution in [3.05, 3.63) is 41.1 Å². The third kappa shape index (κ3) is 5.99. The topological polar surface area (TPSA) is 36.3 Å². The number of hydrogen-bond acceptors (Lipinski definition) is 3. The highest BCUT2D eigenvalue weighted by molar-refractivity contribution is 6.90. The van der Waals surface area contributed by atoms with Gasteiger partial charge in [-0.05, 0) is 47.5 Å². The Balaban J connectivity index is 1.74. The van der Waals surface area contributed by atoms with Crippen LogP contribution in [0.2, 0.25) is 16.6 Å². The summed E-state index contributed by atoms with van der Waals surface area (Å²) in [4.78, 5) is 0. The molecule has 0 bridgehead atoms. The van der Waals surface area contributed by atoms with Gasteiger partial charge in [-0.15, -0.1) is 5.54 Å². The summed E-state index contributed by atoms with van der Waals surface area (Å²) < 4.78 is 56.1. The smallest absolute Gasteiger partial charge is 0.376 e. The standard InChI is InChI=1S/C29H39F3N2O2Si/c1-19(2)37(20(3)4,21(5)6)14-11-22-7-10-25(27(15-22)29(30,31)32)28-26(23-8-9-23)17-34(33-28)16-24-18-35-12-13-36-24/h7,10,15,17,19-21,23-24H,8-9,12-13,16,18H2,1-6H3/t24-/m0/s1. The van der Waals surface area contributed by atoms with Crippen LogP contribution in [0.1, 0.15) is 77.0 Å². The summed E-state index contributed by atoms with van der Waals surface area (Å²) in [6.07, 6.45) is -0.828. The Hall–Kier alpha value is -2.08. The number of nitrogens with zero attached hydrogens (tertiary/aromatic N) is 2. The van der Waals surface area contributed by atoms with Crippen molar-refractivity contribution < 1.29 is 22.6 Å². The van der Waals surface area contributed by atoms with Crippen molar-refractivity contribution in [3.63, 3.8) is 0 Å². The Labute approximate surface area is 219 Å². The van der Waals surface area contributed by atoms with Gasteiger partial charge in [0.15, 0.2) is 0 Å². The molecule has 0 radical (unpaired) electrons. The first kappa shape index (κ1) is 27.9. The van der Waals surface area contributed by atoms with E-state index in [9.17, 15) is 13.2 Å². The van der Waals surface area contributed by atoms with Crippen LogP contribution >= 0.6 is 0 Å². The number of rotatable bonds is 7. The van der Waals surface area contributed by atoms with Crippen molar-refractivity contribution in [2.75, 3.05) is 19.8 Å². The largest absolute Gasteiger partial charge is 0.417 e. The molecule has 1 saturated carbocycles. The van der Waals surface area contributed by atoms with Gasteiger partial charge in [-0.1, -0.05) is 53.5 Å². The lowest BCUT2D eigenvalue weighted by Crippen LogP contribution is -2.43. The van der Waals surface area contributed by atoms with Gasteiger partial charge in [0.1, 0.15) is 14.2 Å². The zero-order valence-electron chi connectivity index (χ0n) is 22.8. The molecule has 4 nitrogen and oxygen atoms in total. The molecule has 1 aromatic heterocycles. The zero-order chi connectivity index (χ0) is 27.0. The van der Waals surface area contributed by atoms with Crippen LogP contribution < -0.4 is 0 Å². The maximum atomic E-state index is 14.4. The molecule has 0 N–H and O–H groups in total. The summed E-state index contributed by atoms with van der Waals surface area (Å²) in [5.41, 5.74) is 5.94. The van der Waals surface area contributed by atoms with Crippen LogP contribution in [0.5, 0.6) is 0 Å². The Morgan fingerprint density at radius 2 is 1.73 bits per heavy atom. The SMILES string of the molecule is CC(C)[Si](C#Cc1ccc(-c2nn(C[C@H]3COCCO3)cc2C2CC2)c(C(F)(F)F)c1)(C(C)C)C(C)C. The van der Waals surface area contributed by atoms with E-state index in [1.807, 2.05) is 6.20 Å². The molecule has 0 spiro atoms. The van der Waals surface area contributed by atoms with Crippen LogP contribution in [0.15, 0.2) is 24.4 Å². The molecule has 2 aliphatic rings. The number of aromatic nitrogens is 2. The fourth-order valence-corrected chi connectivity index (χ4v) is 11.2. The average Bonchev–Trinajstić information content (AvgIpc) is 3.59. The Kier molecular flexibility index (Phi) is 8.27. The van der Waals surface area contributed by atoms with E-state index in [1.165, 1.54) is 6.07 Å². The molecular weight excluding hydrogens is 493 g/mol. The lowest BCUT2D eigenvalue weighted by Gasteiger charge is -2.38. The van der Waals surface area contributed by atoms with E-state index >= 15 is 0 Å². The van der Waals surface area contributed by atoms with Crippen LogP contribution in [0.25, 0.3) is 11.3 Å². The first-order valence-electron chi connectivity index (χ1n) is 13.4. The summed E-state index contributed by atoms with van der Waals surface area (Å²) >= 11 is 0. The summed E-state index contributed by atoms with van der Waals surface area (Å²) in [7, 11) is -2.07. The Morgan fingerprint density at radius 3 is 2.27 bits per heavy atom. The molecule has 1 atom stereocenters. The second-order valence-electron chi connectivity index (χ2n) is 11.4. The van der Waals surface area contributed by atoms with Crippen LogP contribution in [0, 0.1) is 11.5 Å². The second kappa shape index (κ2) is 11.0. The molecule has 0 amide bonds. The van der Waals surface area contributed by atoms with E-state index in [0.717, 1.165) is 18.4 Å². The van der Waals surface area contributed by atoms with Gasteiger partial charge in [0.2, 0.25) is 0 Å². The van der Waals surface area contributed by atoms with Gasteiger partial charge in [-0.25, -0.2) is 0 Å². The minimum atomic E-state index is -4.51. The number of alkyl halides is 3. The van der Waals surface area contributed by atoms with Gasteiger partial charge in [-0.2, -0.15) is 18.3 Å². The minimum absolute atomic E-state index is 0.125. The lowest BCUT2D eigenvalue weighted by atomic mass is 9.97. The first-order valence-corrected chi connectivity index (χ1v) is 15.7. The molecule has 2 fully saturated rings. The van der Waals surface area contributed by atoms with Crippen LogP contribution in [-0.2, 0) is 22.2 Å². The first-order chi connectivity index (χ1) is 17.4. The van der Waals surface area contributed by atoms with Gasteiger partial charge in [0.05, 0.1) is 37.6 Å². The molecule has 1 aliphatic heterocycles. The summed E-state index contributed by atoms with van der Waals surface area (Å²) in [6, 6.07) is 4.51. The number of hydrogen-bond donors (Lipinski definition) is 0. The Morgan fingerprint density at radius 1 is 1.05 bits per heavy atom. The predicted molar refractivity (Wildman–Crippen MR) is 143 cm³/mol. The highest BCUT2D eigenvalue weighted by atomic mass is 28.3. The number of halogens is 3. The van der Waals surface area contributed by atoms with Gasteiger partial charge in [0, 0.05) is 22.9 Å². The van der Waals surface area contributed by atoms with Crippen molar-refractivity contribution >= 4 is 8.07 Å². The summed E-state index contributed by atoms with van der Waals surface area (Å²) in [5.74, 6) is 3.44. The molecule has 202 valence electrons. The maximum absolute atomic E-state index is 14.4.